The molecular formula is C22H19F6N5. The highest BCUT2D eigenvalue weighted by atomic mass is 19.4. The van der Waals surface area contributed by atoms with Gasteiger partial charge in [-0.25, -0.2) is 15.0 Å². The molecule has 0 radical (unpaired) electrons. The highest BCUT2D eigenvalue weighted by Crippen LogP contribution is 2.36. The summed E-state index contributed by atoms with van der Waals surface area (Å²) in [5.74, 6) is 0.278. The fourth-order valence-corrected chi connectivity index (χ4v) is 3.82. The van der Waals surface area contributed by atoms with Crippen LogP contribution in [0.5, 0.6) is 0 Å². The maximum Gasteiger partial charge on any atom is 0.419 e. The van der Waals surface area contributed by atoms with Gasteiger partial charge >= 0.3 is 12.4 Å². The Labute approximate surface area is 185 Å². The average Bonchev–Trinajstić information content (AvgIpc) is 2.97. The summed E-state index contributed by atoms with van der Waals surface area (Å²) in [5.41, 5.74) is 0.664. The van der Waals surface area contributed by atoms with Gasteiger partial charge in [0.05, 0.1) is 16.8 Å². The van der Waals surface area contributed by atoms with Crippen LogP contribution >= 0.6 is 0 Å². The van der Waals surface area contributed by atoms with E-state index in [4.69, 9.17) is 0 Å². The van der Waals surface area contributed by atoms with E-state index >= 15 is 0 Å². The molecular weight excluding hydrogens is 448 g/mol. The van der Waals surface area contributed by atoms with Crippen molar-refractivity contribution in [2.45, 2.75) is 32.1 Å². The monoisotopic (exact) mass is 467 g/mol. The molecule has 3 heterocycles. The molecule has 174 valence electrons. The molecule has 1 aromatic carbocycles. The average molecular weight is 467 g/mol. The molecule has 0 fully saturated rings. The second-order valence-corrected chi connectivity index (χ2v) is 7.66. The fraction of sp³-hybridized carbons (Fsp3) is 0.318. The second kappa shape index (κ2) is 8.53. The Morgan fingerprint density at radius 2 is 1.67 bits per heavy atom. The molecule has 0 amide bonds. The molecule has 1 N–H and O–H groups in total. The highest BCUT2D eigenvalue weighted by Gasteiger charge is 2.36. The van der Waals surface area contributed by atoms with E-state index in [1.165, 1.54) is 24.7 Å². The number of anilines is 3. The number of benzene rings is 1. The molecule has 0 aliphatic carbocycles. The minimum absolute atomic E-state index is 0.140. The Kier molecular flexibility index (Phi) is 5.89. The van der Waals surface area contributed by atoms with E-state index in [2.05, 4.69) is 20.3 Å². The first-order valence-corrected chi connectivity index (χ1v) is 10.1. The van der Waals surface area contributed by atoms with Crippen LogP contribution in [0.3, 0.4) is 0 Å². The maximum atomic E-state index is 13.4. The largest absolute Gasteiger partial charge is 0.419 e. The number of alkyl halides is 6. The lowest BCUT2D eigenvalue weighted by atomic mass is 10.1. The summed E-state index contributed by atoms with van der Waals surface area (Å²) in [5, 5.41) is 3.06. The van der Waals surface area contributed by atoms with Crippen molar-refractivity contribution in [2.75, 3.05) is 23.3 Å². The second-order valence-electron chi connectivity index (χ2n) is 7.66. The summed E-state index contributed by atoms with van der Waals surface area (Å²) in [6.45, 7) is 2.09. The van der Waals surface area contributed by atoms with Gasteiger partial charge in [-0.15, -0.1) is 0 Å². The zero-order valence-electron chi connectivity index (χ0n) is 17.4. The van der Waals surface area contributed by atoms with Gasteiger partial charge in [0, 0.05) is 37.0 Å². The van der Waals surface area contributed by atoms with Crippen molar-refractivity contribution in [1.29, 1.82) is 0 Å². The number of fused-ring (bicyclic) bond motifs is 1. The third-order valence-corrected chi connectivity index (χ3v) is 5.48. The molecule has 0 bridgehead atoms. The lowest BCUT2D eigenvalue weighted by Crippen LogP contribution is -2.29. The quantitative estimate of drug-likeness (QED) is 0.511. The number of nitrogens with zero attached hydrogens (tertiary/aromatic N) is 4. The number of hydrogen-bond donors (Lipinski definition) is 1. The summed E-state index contributed by atoms with van der Waals surface area (Å²) in [7, 11) is 0. The first kappa shape index (κ1) is 22.8. The fourth-order valence-electron chi connectivity index (χ4n) is 3.82. The zero-order valence-corrected chi connectivity index (χ0v) is 17.4. The van der Waals surface area contributed by atoms with Crippen LogP contribution in [0.1, 0.15) is 27.9 Å². The topological polar surface area (TPSA) is 53.9 Å². The third-order valence-electron chi connectivity index (χ3n) is 5.48. The van der Waals surface area contributed by atoms with Crippen LogP contribution < -0.4 is 10.2 Å². The van der Waals surface area contributed by atoms with Gasteiger partial charge in [0.1, 0.15) is 18.0 Å². The summed E-state index contributed by atoms with van der Waals surface area (Å²) < 4.78 is 79.2. The lowest BCUT2D eigenvalue weighted by Gasteiger charge is -2.24. The molecule has 0 saturated heterocycles. The molecule has 3 aromatic rings. The van der Waals surface area contributed by atoms with Gasteiger partial charge in [-0.3, -0.25) is 0 Å². The number of halogens is 6. The van der Waals surface area contributed by atoms with Crippen molar-refractivity contribution in [3.8, 4) is 0 Å². The van der Waals surface area contributed by atoms with Crippen LogP contribution in [0.15, 0.2) is 42.9 Å². The number of nitrogens with one attached hydrogen (secondary N) is 1. The lowest BCUT2D eigenvalue weighted by molar-refractivity contribution is -0.138. The normalized spacial score (nSPS) is 14.6. The van der Waals surface area contributed by atoms with Gasteiger partial charge in [0.2, 0.25) is 0 Å². The van der Waals surface area contributed by atoms with E-state index in [0.717, 1.165) is 18.2 Å². The SMILES string of the molecule is Cc1cc(C(F)(F)F)ccc1Nc1ncnc2c1CCN(c1ncccc1C(F)(F)F)CC2. The van der Waals surface area contributed by atoms with E-state index in [9.17, 15) is 26.3 Å². The molecule has 2 aromatic heterocycles. The van der Waals surface area contributed by atoms with Crippen molar-refractivity contribution in [1.82, 2.24) is 15.0 Å². The molecule has 33 heavy (non-hydrogen) atoms. The van der Waals surface area contributed by atoms with Crippen LogP contribution in [-0.2, 0) is 25.2 Å². The van der Waals surface area contributed by atoms with E-state index in [-0.39, 0.29) is 18.9 Å². The van der Waals surface area contributed by atoms with Crippen molar-refractivity contribution in [3.05, 3.63) is 70.8 Å². The smallest absolute Gasteiger partial charge is 0.355 e. The Balaban J connectivity index is 1.60. The number of aromatic nitrogens is 3. The van der Waals surface area contributed by atoms with Crippen LogP contribution in [0.25, 0.3) is 0 Å². The van der Waals surface area contributed by atoms with Gasteiger partial charge in [-0.2, -0.15) is 26.3 Å². The van der Waals surface area contributed by atoms with E-state index < -0.39 is 23.5 Å². The predicted octanol–water partition coefficient (Wildman–Crippen LogP) is 5.57. The first-order chi connectivity index (χ1) is 15.5. The molecule has 4 rings (SSSR count). The molecule has 0 atom stereocenters. The van der Waals surface area contributed by atoms with Crippen molar-refractivity contribution in [2.24, 2.45) is 0 Å². The highest BCUT2D eigenvalue weighted by molar-refractivity contribution is 5.64. The third kappa shape index (κ3) is 4.86. The molecule has 0 unspecified atom stereocenters. The molecule has 5 nitrogen and oxygen atoms in total. The Hall–Kier alpha value is -3.37. The maximum absolute atomic E-state index is 13.4. The molecule has 0 spiro atoms. The molecule has 1 aliphatic heterocycles. The minimum atomic E-state index is -4.53. The van der Waals surface area contributed by atoms with Gasteiger partial charge in [0.15, 0.2) is 0 Å². The number of pyridine rings is 1. The minimum Gasteiger partial charge on any atom is -0.355 e. The van der Waals surface area contributed by atoms with E-state index in [1.54, 1.807) is 11.8 Å². The number of aryl methyl sites for hydroxylation is 1. The van der Waals surface area contributed by atoms with E-state index in [0.29, 0.717) is 41.2 Å². The Morgan fingerprint density at radius 3 is 2.36 bits per heavy atom. The predicted molar refractivity (Wildman–Crippen MR) is 110 cm³/mol. The summed E-state index contributed by atoms with van der Waals surface area (Å²) in [4.78, 5) is 14.1. The van der Waals surface area contributed by atoms with Crippen LogP contribution in [0, 0.1) is 6.92 Å². The Bertz CT molecular complexity index is 1160. The van der Waals surface area contributed by atoms with Gasteiger partial charge in [0.25, 0.3) is 0 Å². The number of hydrogen-bond acceptors (Lipinski definition) is 5. The van der Waals surface area contributed by atoms with Crippen molar-refractivity contribution < 1.29 is 26.3 Å². The molecule has 11 heteroatoms. The van der Waals surface area contributed by atoms with Gasteiger partial charge in [-0.1, -0.05) is 0 Å². The van der Waals surface area contributed by atoms with Crippen LogP contribution in [-0.4, -0.2) is 28.0 Å². The summed E-state index contributed by atoms with van der Waals surface area (Å²) in [6, 6.07) is 5.61. The standard InChI is InChI=1S/C22H19F6N5/c1-13-11-14(21(23,24)25)4-5-17(13)32-19-15-6-9-33(10-7-18(15)30-12-31-19)20-16(22(26,27)28)3-2-8-29-20/h2-5,8,11-12H,6-7,9-10H2,1H3,(H,30,31,32). The van der Waals surface area contributed by atoms with Crippen LogP contribution in [0.2, 0.25) is 0 Å². The van der Waals surface area contributed by atoms with Crippen molar-refractivity contribution >= 4 is 17.3 Å². The molecule has 1 aliphatic rings. The summed E-state index contributed by atoms with van der Waals surface area (Å²) >= 11 is 0. The van der Waals surface area contributed by atoms with Crippen molar-refractivity contribution in [3.63, 3.8) is 0 Å². The van der Waals surface area contributed by atoms with Gasteiger partial charge < -0.3 is 10.2 Å². The van der Waals surface area contributed by atoms with Crippen LogP contribution in [0.4, 0.5) is 43.7 Å². The molecule has 0 saturated carbocycles. The first-order valence-electron chi connectivity index (χ1n) is 10.1. The zero-order chi connectivity index (χ0) is 23.8. The van der Waals surface area contributed by atoms with Gasteiger partial charge in [-0.05, 0) is 49.2 Å². The van der Waals surface area contributed by atoms with E-state index in [1.807, 2.05) is 0 Å². The number of rotatable bonds is 3. The summed E-state index contributed by atoms with van der Waals surface area (Å²) in [6.07, 6.45) is -5.62. The Morgan fingerprint density at radius 1 is 0.909 bits per heavy atom.